The van der Waals surface area contributed by atoms with E-state index >= 15 is 0 Å². The molecule has 1 N–H and O–H groups in total. The second-order valence-electron chi connectivity index (χ2n) is 5.66. The molecule has 0 radical (unpaired) electrons. The van der Waals surface area contributed by atoms with Crippen molar-refractivity contribution in [1.82, 2.24) is 30.5 Å². The first kappa shape index (κ1) is 17.0. The van der Waals surface area contributed by atoms with Gasteiger partial charge in [-0.05, 0) is 12.1 Å². The predicted octanol–water partition coefficient (Wildman–Crippen LogP) is 2.05. The number of thiazole rings is 1. The lowest BCUT2D eigenvalue weighted by molar-refractivity contribution is -0.131. The van der Waals surface area contributed by atoms with Crippen molar-refractivity contribution in [2.75, 3.05) is 11.6 Å². The average molecular weight is 388 g/mol. The molecule has 1 aliphatic heterocycles. The number of ether oxygens (including phenoxy) is 1. The summed E-state index contributed by atoms with van der Waals surface area (Å²) in [5, 5.41) is 16.8. The highest BCUT2D eigenvalue weighted by atomic mass is 32.2. The molecule has 8 nitrogen and oxygen atoms in total. The average Bonchev–Trinajstić information content (AvgIpc) is 3.41. The van der Waals surface area contributed by atoms with E-state index in [-0.39, 0.29) is 18.4 Å². The minimum Gasteiger partial charge on any atom is -0.486 e. The Morgan fingerprint density at radius 2 is 2.23 bits per heavy atom. The smallest absolute Gasteiger partial charge is 0.229 e. The van der Waals surface area contributed by atoms with Crippen LogP contribution in [0.4, 0.5) is 0 Å². The van der Waals surface area contributed by atoms with Gasteiger partial charge in [-0.2, -0.15) is 5.21 Å². The van der Waals surface area contributed by atoms with E-state index in [0.717, 1.165) is 22.2 Å². The molecule has 3 heterocycles. The summed E-state index contributed by atoms with van der Waals surface area (Å²) < 4.78 is 5.70. The van der Waals surface area contributed by atoms with Crippen LogP contribution in [0.25, 0.3) is 0 Å². The van der Waals surface area contributed by atoms with Crippen LogP contribution in [-0.4, -0.2) is 48.0 Å². The van der Waals surface area contributed by atoms with Crippen molar-refractivity contribution in [1.29, 1.82) is 0 Å². The van der Waals surface area contributed by atoms with E-state index in [4.69, 9.17) is 4.74 Å². The largest absolute Gasteiger partial charge is 0.486 e. The quantitative estimate of drug-likeness (QED) is 0.690. The van der Waals surface area contributed by atoms with Crippen LogP contribution < -0.4 is 4.74 Å². The van der Waals surface area contributed by atoms with E-state index in [9.17, 15) is 4.79 Å². The molecule has 0 saturated carbocycles. The van der Waals surface area contributed by atoms with Crippen molar-refractivity contribution in [2.45, 2.75) is 19.1 Å². The van der Waals surface area contributed by atoms with Gasteiger partial charge in [0.15, 0.2) is 5.82 Å². The summed E-state index contributed by atoms with van der Waals surface area (Å²) in [4.78, 5) is 19.0. The number of aromatic amines is 1. The molecular weight excluding hydrogens is 372 g/mol. The Labute approximate surface area is 158 Å². The number of thioether (sulfide) groups is 1. The second-order valence-corrected chi connectivity index (χ2v) is 7.60. The lowest BCUT2D eigenvalue weighted by Gasteiger charge is -2.20. The first-order valence-electron chi connectivity index (χ1n) is 8.01. The summed E-state index contributed by atoms with van der Waals surface area (Å²) >= 11 is 3.18. The van der Waals surface area contributed by atoms with E-state index in [0.29, 0.717) is 18.3 Å². The Morgan fingerprint density at radius 1 is 1.35 bits per heavy atom. The van der Waals surface area contributed by atoms with Gasteiger partial charge in [0, 0.05) is 11.1 Å². The van der Waals surface area contributed by atoms with Crippen molar-refractivity contribution in [2.24, 2.45) is 0 Å². The van der Waals surface area contributed by atoms with Crippen LogP contribution in [0.15, 0.2) is 35.7 Å². The van der Waals surface area contributed by atoms with Crippen LogP contribution in [0, 0.1) is 0 Å². The lowest BCUT2D eigenvalue weighted by atomic mass is 10.2. The predicted molar refractivity (Wildman–Crippen MR) is 97.7 cm³/mol. The third-order valence-corrected chi connectivity index (χ3v) is 5.78. The van der Waals surface area contributed by atoms with Crippen molar-refractivity contribution >= 4 is 29.0 Å². The Kier molecular flexibility index (Phi) is 5.12. The Bertz CT molecular complexity index is 855. The van der Waals surface area contributed by atoms with Gasteiger partial charge < -0.3 is 9.64 Å². The monoisotopic (exact) mass is 388 g/mol. The standard InChI is InChI=1S/C16H16N6O2S2/c23-15(22-10-25-9-13(22)16-18-20-21-19-16)6-11-8-26-14(17-11)7-24-12-4-2-1-3-5-12/h1-5,8,13H,6-7,9-10H2,(H,18,19,20,21). The minimum absolute atomic E-state index is 0.0191. The number of carbonyl (C=O) groups excluding carboxylic acids is 1. The number of aromatic nitrogens is 5. The number of hydrogen-bond acceptors (Lipinski definition) is 8. The second kappa shape index (κ2) is 7.83. The summed E-state index contributed by atoms with van der Waals surface area (Å²) in [6, 6.07) is 9.47. The van der Waals surface area contributed by atoms with Gasteiger partial charge in [0.2, 0.25) is 5.91 Å². The molecule has 1 amide bonds. The maximum absolute atomic E-state index is 12.7. The molecule has 0 aliphatic carbocycles. The molecule has 10 heteroatoms. The number of tetrazole rings is 1. The van der Waals surface area contributed by atoms with Crippen molar-refractivity contribution < 1.29 is 9.53 Å². The number of carbonyl (C=O) groups is 1. The third kappa shape index (κ3) is 3.86. The fourth-order valence-electron chi connectivity index (χ4n) is 2.63. The normalized spacial score (nSPS) is 16.8. The molecule has 134 valence electrons. The fraction of sp³-hybridized carbons (Fsp3) is 0.312. The highest BCUT2D eigenvalue weighted by Gasteiger charge is 2.33. The van der Waals surface area contributed by atoms with Gasteiger partial charge in [0.25, 0.3) is 0 Å². The van der Waals surface area contributed by atoms with Crippen LogP contribution in [0.1, 0.15) is 22.6 Å². The maximum atomic E-state index is 12.7. The van der Waals surface area contributed by atoms with Crippen LogP contribution in [0.2, 0.25) is 0 Å². The summed E-state index contributed by atoms with van der Waals surface area (Å²) in [5.41, 5.74) is 0.760. The summed E-state index contributed by atoms with van der Waals surface area (Å²) in [6.45, 7) is 0.397. The van der Waals surface area contributed by atoms with Crippen LogP contribution in [0.5, 0.6) is 5.75 Å². The molecule has 1 fully saturated rings. The van der Waals surface area contributed by atoms with E-state index in [1.54, 1.807) is 16.7 Å². The number of para-hydroxylation sites is 1. The first-order chi connectivity index (χ1) is 12.8. The molecule has 0 spiro atoms. The number of rotatable bonds is 6. The third-order valence-electron chi connectivity index (χ3n) is 3.90. The molecule has 1 aliphatic rings. The van der Waals surface area contributed by atoms with Crippen LogP contribution in [0.3, 0.4) is 0 Å². The Morgan fingerprint density at radius 3 is 3.04 bits per heavy atom. The number of hydrogen-bond donors (Lipinski definition) is 1. The topological polar surface area (TPSA) is 96.9 Å². The van der Waals surface area contributed by atoms with Crippen molar-refractivity contribution in [3.63, 3.8) is 0 Å². The van der Waals surface area contributed by atoms with Gasteiger partial charge in [-0.25, -0.2) is 4.98 Å². The summed E-state index contributed by atoms with van der Waals surface area (Å²) in [5.74, 6) is 2.78. The number of H-pyrrole nitrogens is 1. The molecule has 0 bridgehead atoms. The zero-order chi connectivity index (χ0) is 17.8. The van der Waals surface area contributed by atoms with Gasteiger partial charge in [-0.1, -0.05) is 23.4 Å². The molecule has 26 heavy (non-hydrogen) atoms. The van der Waals surface area contributed by atoms with Gasteiger partial charge in [-0.3, -0.25) is 4.79 Å². The molecule has 3 aromatic rings. The van der Waals surface area contributed by atoms with Gasteiger partial charge in [0.05, 0.1) is 18.0 Å². The van der Waals surface area contributed by atoms with Crippen LogP contribution >= 0.6 is 23.1 Å². The zero-order valence-electron chi connectivity index (χ0n) is 13.7. The van der Waals surface area contributed by atoms with Crippen molar-refractivity contribution in [3.8, 4) is 5.75 Å². The Balaban J connectivity index is 1.35. The van der Waals surface area contributed by atoms with Crippen LogP contribution in [-0.2, 0) is 17.8 Å². The zero-order valence-corrected chi connectivity index (χ0v) is 15.4. The molecule has 2 aromatic heterocycles. The van der Waals surface area contributed by atoms with E-state index in [1.807, 2.05) is 35.7 Å². The minimum atomic E-state index is -0.134. The summed E-state index contributed by atoms with van der Waals surface area (Å²) in [7, 11) is 0. The number of nitrogens with one attached hydrogen (secondary N) is 1. The SMILES string of the molecule is O=C(Cc1csc(COc2ccccc2)n1)N1CSCC1c1nn[nH]n1. The Hall–Kier alpha value is -2.46. The summed E-state index contributed by atoms with van der Waals surface area (Å²) in [6.07, 6.45) is 0.261. The van der Waals surface area contributed by atoms with Gasteiger partial charge in [0.1, 0.15) is 23.4 Å². The highest BCUT2D eigenvalue weighted by molar-refractivity contribution is 7.99. The number of benzene rings is 1. The molecule has 1 atom stereocenters. The maximum Gasteiger partial charge on any atom is 0.229 e. The van der Waals surface area contributed by atoms with E-state index < -0.39 is 0 Å². The molecule has 4 rings (SSSR count). The van der Waals surface area contributed by atoms with Gasteiger partial charge in [-0.15, -0.1) is 33.3 Å². The lowest BCUT2D eigenvalue weighted by Crippen LogP contribution is -2.33. The number of amides is 1. The van der Waals surface area contributed by atoms with Crippen molar-refractivity contribution in [3.05, 3.63) is 52.2 Å². The van der Waals surface area contributed by atoms with E-state index in [1.165, 1.54) is 11.3 Å². The molecule has 1 saturated heterocycles. The molecular formula is C16H16N6O2S2. The molecule has 1 aromatic carbocycles. The molecule has 1 unspecified atom stereocenters. The first-order valence-corrected chi connectivity index (χ1v) is 10.0. The van der Waals surface area contributed by atoms with E-state index in [2.05, 4.69) is 25.6 Å². The van der Waals surface area contributed by atoms with Gasteiger partial charge >= 0.3 is 0 Å². The fourth-order valence-corrected chi connectivity index (χ4v) is 4.51. The number of nitrogens with zero attached hydrogens (tertiary/aromatic N) is 5. The highest BCUT2D eigenvalue weighted by Crippen LogP contribution is 2.31.